The van der Waals surface area contributed by atoms with E-state index < -0.39 is 0 Å². The highest BCUT2D eigenvalue weighted by Crippen LogP contribution is 2.27. The van der Waals surface area contributed by atoms with Crippen LogP contribution in [0, 0.1) is 11.8 Å². The summed E-state index contributed by atoms with van der Waals surface area (Å²) in [4.78, 5) is 2.54. The van der Waals surface area contributed by atoms with Crippen LogP contribution in [-0.4, -0.2) is 29.1 Å². The molecule has 0 radical (unpaired) electrons. The molecule has 0 bridgehead atoms. The molecule has 1 aliphatic heterocycles. The third-order valence-corrected chi connectivity index (χ3v) is 4.48. The molecule has 1 N–H and O–H groups in total. The van der Waals surface area contributed by atoms with E-state index in [1.807, 2.05) is 30.3 Å². The SMILES string of the molecule is CC1CCN(CC(C)C(O)c2ccccc2)C(C)C1. The molecular formula is C17H27NO. The summed E-state index contributed by atoms with van der Waals surface area (Å²) in [6.07, 6.45) is 2.22. The van der Waals surface area contributed by atoms with Gasteiger partial charge in [0.25, 0.3) is 0 Å². The fourth-order valence-corrected chi connectivity index (χ4v) is 3.18. The maximum Gasteiger partial charge on any atom is 0.0827 e. The molecule has 2 nitrogen and oxygen atoms in total. The van der Waals surface area contributed by atoms with E-state index in [4.69, 9.17) is 0 Å². The van der Waals surface area contributed by atoms with Crippen LogP contribution in [0.5, 0.6) is 0 Å². The van der Waals surface area contributed by atoms with Crippen LogP contribution in [0.3, 0.4) is 0 Å². The molecule has 0 spiro atoms. The van der Waals surface area contributed by atoms with Gasteiger partial charge in [-0.3, -0.25) is 0 Å². The number of hydrogen-bond donors (Lipinski definition) is 1. The van der Waals surface area contributed by atoms with Gasteiger partial charge in [0, 0.05) is 12.6 Å². The molecule has 0 amide bonds. The Hall–Kier alpha value is -0.860. The van der Waals surface area contributed by atoms with Crippen LogP contribution >= 0.6 is 0 Å². The summed E-state index contributed by atoms with van der Waals surface area (Å²) in [5.74, 6) is 1.12. The zero-order chi connectivity index (χ0) is 13.8. The fourth-order valence-electron chi connectivity index (χ4n) is 3.18. The molecule has 4 unspecified atom stereocenters. The summed E-state index contributed by atoms with van der Waals surface area (Å²) in [5.41, 5.74) is 1.04. The topological polar surface area (TPSA) is 23.5 Å². The minimum Gasteiger partial charge on any atom is -0.388 e. The molecule has 106 valence electrons. The molecule has 0 aromatic heterocycles. The van der Waals surface area contributed by atoms with Crippen LogP contribution in [0.4, 0.5) is 0 Å². The van der Waals surface area contributed by atoms with Crippen molar-refractivity contribution in [1.29, 1.82) is 0 Å². The lowest BCUT2D eigenvalue weighted by Gasteiger charge is -2.38. The number of aliphatic hydroxyl groups is 1. The van der Waals surface area contributed by atoms with Gasteiger partial charge in [0.1, 0.15) is 0 Å². The highest BCUT2D eigenvalue weighted by atomic mass is 16.3. The summed E-state index contributed by atoms with van der Waals surface area (Å²) in [6, 6.07) is 10.7. The summed E-state index contributed by atoms with van der Waals surface area (Å²) < 4.78 is 0. The Morgan fingerprint density at radius 3 is 2.58 bits per heavy atom. The first-order valence-corrected chi connectivity index (χ1v) is 7.55. The summed E-state index contributed by atoms with van der Waals surface area (Å²) in [6.45, 7) is 8.98. The number of benzene rings is 1. The minimum atomic E-state index is -0.354. The lowest BCUT2D eigenvalue weighted by molar-refractivity contribution is 0.0549. The molecule has 0 aliphatic carbocycles. The van der Waals surface area contributed by atoms with E-state index >= 15 is 0 Å². The lowest BCUT2D eigenvalue weighted by Crippen LogP contribution is -2.43. The zero-order valence-electron chi connectivity index (χ0n) is 12.4. The normalized spacial score (nSPS) is 28.0. The molecular weight excluding hydrogens is 234 g/mol. The highest BCUT2D eigenvalue weighted by molar-refractivity contribution is 5.17. The first kappa shape index (κ1) is 14.5. The number of likely N-dealkylation sites (tertiary alicyclic amines) is 1. The van der Waals surface area contributed by atoms with Crippen molar-refractivity contribution in [3.63, 3.8) is 0 Å². The number of nitrogens with zero attached hydrogens (tertiary/aromatic N) is 1. The highest BCUT2D eigenvalue weighted by Gasteiger charge is 2.26. The van der Waals surface area contributed by atoms with Gasteiger partial charge >= 0.3 is 0 Å². The molecule has 1 aromatic carbocycles. The minimum absolute atomic E-state index is 0.276. The zero-order valence-corrected chi connectivity index (χ0v) is 12.4. The Morgan fingerprint density at radius 2 is 1.95 bits per heavy atom. The molecule has 2 heteroatoms. The Morgan fingerprint density at radius 1 is 1.26 bits per heavy atom. The lowest BCUT2D eigenvalue weighted by atomic mass is 9.91. The monoisotopic (exact) mass is 261 g/mol. The van der Waals surface area contributed by atoms with Crippen molar-refractivity contribution in [3.8, 4) is 0 Å². The fraction of sp³-hybridized carbons (Fsp3) is 0.647. The largest absolute Gasteiger partial charge is 0.388 e. The number of piperidine rings is 1. The predicted octanol–water partition coefficient (Wildman–Crippen LogP) is 3.48. The maximum atomic E-state index is 10.4. The molecule has 4 atom stereocenters. The Bertz CT molecular complexity index is 378. The third kappa shape index (κ3) is 3.80. The Balaban J connectivity index is 1.92. The van der Waals surface area contributed by atoms with Gasteiger partial charge in [-0.2, -0.15) is 0 Å². The quantitative estimate of drug-likeness (QED) is 0.897. The van der Waals surface area contributed by atoms with Crippen molar-refractivity contribution in [3.05, 3.63) is 35.9 Å². The van der Waals surface area contributed by atoms with Gasteiger partial charge in [0.15, 0.2) is 0 Å². The summed E-state index contributed by atoms with van der Waals surface area (Å²) in [7, 11) is 0. The van der Waals surface area contributed by atoms with Crippen molar-refractivity contribution in [2.24, 2.45) is 11.8 Å². The van der Waals surface area contributed by atoms with Crippen LogP contribution in [-0.2, 0) is 0 Å². The van der Waals surface area contributed by atoms with Gasteiger partial charge in [0.05, 0.1) is 6.10 Å². The molecule has 1 aliphatic rings. The smallest absolute Gasteiger partial charge is 0.0827 e. The van der Waals surface area contributed by atoms with Crippen LogP contribution in [0.1, 0.15) is 45.3 Å². The van der Waals surface area contributed by atoms with E-state index in [0.29, 0.717) is 6.04 Å². The second-order valence-electron chi connectivity index (χ2n) is 6.31. The first-order chi connectivity index (χ1) is 9.08. The van der Waals surface area contributed by atoms with E-state index in [9.17, 15) is 5.11 Å². The summed E-state index contributed by atoms with van der Waals surface area (Å²) >= 11 is 0. The molecule has 2 rings (SSSR count). The van der Waals surface area contributed by atoms with Crippen LogP contribution in [0.15, 0.2) is 30.3 Å². The van der Waals surface area contributed by atoms with Crippen molar-refractivity contribution in [2.45, 2.75) is 45.8 Å². The van der Waals surface area contributed by atoms with Crippen molar-refractivity contribution in [2.75, 3.05) is 13.1 Å². The number of rotatable bonds is 4. The molecule has 1 aromatic rings. The molecule has 1 fully saturated rings. The van der Waals surface area contributed by atoms with Gasteiger partial charge in [-0.25, -0.2) is 0 Å². The van der Waals surface area contributed by atoms with Gasteiger partial charge < -0.3 is 10.0 Å². The van der Waals surface area contributed by atoms with E-state index in [1.165, 1.54) is 19.4 Å². The second-order valence-corrected chi connectivity index (χ2v) is 6.31. The average Bonchev–Trinajstić information content (AvgIpc) is 2.42. The van der Waals surface area contributed by atoms with Crippen LogP contribution in [0.25, 0.3) is 0 Å². The predicted molar refractivity (Wildman–Crippen MR) is 80.0 cm³/mol. The average molecular weight is 261 g/mol. The number of hydrogen-bond acceptors (Lipinski definition) is 2. The standard InChI is InChI=1S/C17H27NO/c1-13-9-10-18(15(3)11-13)12-14(2)17(19)16-7-5-4-6-8-16/h4-8,13-15,17,19H,9-12H2,1-3H3. The summed E-state index contributed by atoms with van der Waals surface area (Å²) in [5, 5.41) is 10.4. The first-order valence-electron chi connectivity index (χ1n) is 7.55. The van der Waals surface area contributed by atoms with E-state index in [-0.39, 0.29) is 12.0 Å². The van der Waals surface area contributed by atoms with E-state index in [2.05, 4.69) is 25.7 Å². The van der Waals surface area contributed by atoms with Gasteiger partial charge in [0.2, 0.25) is 0 Å². The van der Waals surface area contributed by atoms with E-state index in [0.717, 1.165) is 18.0 Å². The van der Waals surface area contributed by atoms with Gasteiger partial charge in [-0.15, -0.1) is 0 Å². The molecule has 0 saturated carbocycles. The molecule has 1 saturated heterocycles. The number of aliphatic hydroxyl groups excluding tert-OH is 1. The maximum absolute atomic E-state index is 10.4. The van der Waals surface area contributed by atoms with E-state index in [1.54, 1.807) is 0 Å². The van der Waals surface area contributed by atoms with Crippen molar-refractivity contribution < 1.29 is 5.11 Å². The second kappa shape index (κ2) is 6.53. The van der Waals surface area contributed by atoms with Crippen LogP contribution in [0.2, 0.25) is 0 Å². The van der Waals surface area contributed by atoms with Gasteiger partial charge in [-0.05, 0) is 43.7 Å². The van der Waals surface area contributed by atoms with Crippen molar-refractivity contribution >= 4 is 0 Å². The third-order valence-electron chi connectivity index (χ3n) is 4.48. The Kier molecular flexibility index (Phi) is 5.00. The van der Waals surface area contributed by atoms with Gasteiger partial charge in [-0.1, -0.05) is 44.2 Å². The molecule has 19 heavy (non-hydrogen) atoms. The Labute approximate surface area is 117 Å². The van der Waals surface area contributed by atoms with Crippen molar-refractivity contribution in [1.82, 2.24) is 4.90 Å². The molecule has 1 heterocycles. The van der Waals surface area contributed by atoms with Crippen LogP contribution < -0.4 is 0 Å².